The standard InChI is InChI=1S/C19H17ClO5/c1-23-17-11-13(4-6-16(17)22)15(21)5-3-12-9-14(20)19-18(10-12)24-7-2-8-25-19/h3-6,9-11,22H,2,7-8H2,1H3/b5-3-. The summed E-state index contributed by atoms with van der Waals surface area (Å²) in [4.78, 5) is 12.3. The van der Waals surface area contributed by atoms with Crippen molar-refractivity contribution in [3.8, 4) is 23.0 Å². The summed E-state index contributed by atoms with van der Waals surface area (Å²) in [6.45, 7) is 1.12. The number of ketones is 1. The summed E-state index contributed by atoms with van der Waals surface area (Å²) in [6, 6.07) is 7.95. The highest BCUT2D eigenvalue weighted by molar-refractivity contribution is 6.32. The summed E-state index contributed by atoms with van der Waals surface area (Å²) in [5.41, 5.74) is 1.14. The molecule has 1 heterocycles. The fraction of sp³-hybridized carbons (Fsp3) is 0.211. The summed E-state index contributed by atoms with van der Waals surface area (Å²) in [5, 5.41) is 10.0. The first-order valence-corrected chi connectivity index (χ1v) is 8.15. The van der Waals surface area contributed by atoms with Crippen molar-refractivity contribution in [3.63, 3.8) is 0 Å². The van der Waals surface area contributed by atoms with Crippen LogP contribution in [0.3, 0.4) is 0 Å². The molecule has 1 aliphatic rings. The van der Waals surface area contributed by atoms with E-state index in [1.807, 2.05) is 0 Å². The lowest BCUT2D eigenvalue weighted by Crippen LogP contribution is -1.97. The van der Waals surface area contributed by atoms with Crippen LogP contribution >= 0.6 is 11.6 Å². The Kier molecular flexibility index (Phi) is 5.14. The molecule has 0 radical (unpaired) electrons. The number of benzene rings is 2. The predicted octanol–water partition coefficient (Wildman–Crippen LogP) is 4.11. The lowest BCUT2D eigenvalue weighted by atomic mass is 10.1. The molecule has 5 nitrogen and oxygen atoms in total. The third-order valence-corrected chi connectivity index (χ3v) is 4.00. The monoisotopic (exact) mass is 360 g/mol. The highest BCUT2D eigenvalue weighted by atomic mass is 35.5. The van der Waals surface area contributed by atoms with Gasteiger partial charge in [0.25, 0.3) is 0 Å². The van der Waals surface area contributed by atoms with Crippen molar-refractivity contribution in [2.45, 2.75) is 6.42 Å². The Bertz CT molecular complexity index is 829. The molecule has 130 valence electrons. The first kappa shape index (κ1) is 17.2. The number of methoxy groups -OCH3 is 1. The van der Waals surface area contributed by atoms with Crippen LogP contribution in [0.1, 0.15) is 22.3 Å². The van der Waals surface area contributed by atoms with E-state index < -0.39 is 0 Å². The minimum atomic E-state index is -0.221. The number of hydrogen-bond donors (Lipinski definition) is 1. The van der Waals surface area contributed by atoms with Crippen LogP contribution < -0.4 is 14.2 Å². The maximum absolute atomic E-state index is 12.3. The molecular weight excluding hydrogens is 344 g/mol. The second-order valence-electron chi connectivity index (χ2n) is 5.46. The molecule has 6 heteroatoms. The normalized spacial score (nSPS) is 13.5. The largest absolute Gasteiger partial charge is 0.504 e. The van der Waals surface area contributed by atoms with Gasteiger partial charge in [-0.2, -0.15) is 0 Å². The SMILES string of the molecule is COc1cc(C(=O)/C=C\c2cc(Cl)c3c(c2)OCCCO3)ccc1O. The molecule has 0 saturated carbocycles. The third kappa shape index (κ3) is 3.88. The zero-order valence-corrected chi connectivity index (χ0v) is 14.4. The highest BCUT2D eigenvalue weighted by Gasteiger charge is 2.15. The van der Waals surface area contributed by atoms with Gasteiger partial charge in [-0.3, -0.25) is 4.79 Å². The molecule has 0 fully saturated rings. The zero-order chi connectivity index (χ0) is 17.8. The number of carbonyl (C=O) groups is 1. The minimum Gasteiger partial charge on any atom is -0.504 e. The van der Waals surface area contributed by atoms with Gasteiger partial charge in [0.1, 0.15) is 0 Å². The van der Waals surface area contributed by atoms with E-state index in [4.69, 9.17) is 25.8 Å². The number of allylic oxidation sites excluding steroid dienone is 1. The van der Waals surface area contributed by atoms with Gasteiger partial charge in [0.15, 0.2) is 28.8 Å². The number of carbonyl (C=O) groups excluding carboxylic acids is 1. The van der Waals surface area contributed by atoms with Gasteiger partial charge < -0.3 is 19.3 Å². The number of phenolic OH excluding ortho intramolecular Hbond substituents is 1. The van der Waals surface area contributed by atoms with Crippen LogP contribution in [0.15, 0.2) is 36.4 Å². The number of fused-ring (bicyclic) bond motifs is 1. The van der Waals surface area contributed by atoms with E-state index in [9.17, 15) is 9.90 Å². The Morgan fingerprint density at radius 3 is 2.84 bits per heavy atom. The fourth-order valence-corrected chi connectivity index (χ4v) is 2.72. The second kappa shape index (κ2) is 7.49. The average Bonchev–Trinajstić information content (AvgIpc) is 2.86. The Balaban J connectivity index is 1.83. The Morgan fingerprint density at radius 2 is 2.04 bits per heavy atom. The smallest absolute Gasteiger partial charge is 0.185 e. The molecule has 0 atom stereocenters. The van der Waals surface area contributed by atoms with Crippen LogP contribution in [0.2, 0.25) is 5.02 Å². The van der Waals surface area contributed by atoms with Gasteiger partial charge in [0.2, 0.25) is 0 Å². The molecule has 0 bridgehead atoms. The van der Waals surface area contributed by atoms with Gasteiger partial charge in [-0.05, 0) is 42.0 Å². The number of rotatable bonds is 4. The van der Waals surface area contributed by atoms with Crippen molar-refractivity contribution in [2.75, 3.05) is 20.3 Å². The summed E-state index contributed by atoms with van der Waals surface area (Å²) in [5.74, 6) is 1.12. The van der Waals surface area contributed by atoms with Gasteiger partial charge in [-0.25, -0.2) is 0 Å². The van der Waals surface area contributed by atoms with Crippen LogP contribution in [-0.4, -0.2) is 31.2 Å². The van der Waals surface area contributed by atoms with Crippen molar-refractivity contribution < 1.29 is 24.1 Å². The average molecular weight is 361 g/mol. The molecule has 0 aromatic heterocycles. The number of ether oxygens (including phenoxy) is 3. The first-order chi connectivity index (χ1) is 12.1. The van der Waals surface area contributed by atoms with E-state index in [1.54, 1.807) is 18.2 Å². The molecule has 0 saturated heterocycles. The fourth-order valence-electron chi connectivity index (χ4n) is 2.45. The molecule has 25 heavy (non-hydrogen) atoms. The summed E-state index contributed by atoms with van der Waals surface area (Å²) >= 11 is 6.24. The number of halogens is 1. The molecule has 0 spiro atoms. The predicted molar refractivity (Wildman–Crippen MR) is 95.1 cm³/mol. The maximum Gasteiger partial charge on any atom is 0.185 e. The third-order valence-electron chi connectivity index (χ3n) is 3.72. The Morgan fingerprint density at radius 1 is 1.24 bits per heavy atom. The van der Waals surface area contributed by atoms with Crippen LogP contribution in [0, 0.1) is 0 Å². The van der Waals surface area contributed by atoms with E-state index in [-0.39, 0.29) is 17.3 Å². The van der Waals surface area contributed by atoms with Crippen molar-refractivity contribution in [2.24, 2.45) is 0 Å². The van der Waals surface area contributed by atoms with Crippen molar-refractivity contribution in [1.29, 1.82) is 0 Å². The summed E-state index contributed by atoms with van der Waals surface area (Å²) in [7, 11) is 1.43. The maximum atomic E-state index is 12.3. The number of phenols is 1. The van der Waals surface area contributed by atoms with Gasteiger partial charge in [-0.15, -0.1) is 0 Å². The van der Waals surface area contributed by atoms with Gasteiger partial charge in [0, 0.05) is 12.0 Å². The molecule has 1 aliphatic heterocycles. The molecule has 0 unspecified atom stereocenters. The lowest BCUT2D eigenvalue weighted by Gasteiger charge is -2.10. The zero-order valence-electron chi connectivity index (χ0n) is 13.6. The van der Waals surface area contributed by atoms with E-state index in [0.717, 1.165) is 12.0 Å². The van der Waals surface area contributed by atoms with E-state index in [2.05, 4.69) is 0 Å². The van der Waals surface area contributed by atoms with Crippen LogP contribution in [-0.2, 0) is 0 Å². The lowest BCUT2D eigenvalue weighted by molar-refractivity contribution is 0.104. The summed E-state index contributed by atoms with van der Waals surface area (Å²) < 4.78 is 16.2. The topological polar surface area (TPSA) is 65.0 Å². The first-order valence-electron chi connectivity index (χ1n) is 7.77. The van der Waals surface area contributed by atoms with E-state index in [1.165, 1.54) is 31.4 Å². The van der Waals surface area contributed by atoms with Crippen LogP contribution in [0.4, 0.5) is 0 Å². The van der Waals surface area contributed by atoms with E-state index in [0.29, 0.717) is 35.3 Å². The quantitative estimate of drug-likeness (QED) is 0.656. The molecule has 1 N–H and O–H groups in total. The molecule has 0 aliphatic carbocycles. The van der Waals surface area contributed by atoms with Gasteiger partial charge in [0.05, 0.1) is 25.3 Å². The van der Waals surface area contributed by atoms with Gasteiger partial charge in [-0.1, -0.05) is 17.7 Å². The molecule has 2 aromatic rings. The molecule has 0 amide bonds. The van der Waals surface area contributed by atoms with Crippen molar-refractivity contribution in [1.82, 2.24) is 0 Å². The van der Waals surface area contributed by atoms with Crippen molar-refractivity contribution >= 4 is 23.5 Å². The Hall–Kier alpha value is -2.66. The van der Waals surface area contributed by atoms with Gasteiger partial charge >= 0.3 is 0 Å². The van der Waals surface area contributed by atoms with Crippen LogP contribution in [0.25, 0.3) is 6.08 Å². The number of hydrogen-bond acceptors (Lipinski definition) is 5. The highest BCUT2D eigenvalue weighted by Crippen LogP contribution is 2.38. The van der Waals surface area contributed by atoms with Crippen molar-refractivity contribution in [3.05, 3.63) is 52.6 Å². The second-order valence-corrected chi connectivity index (χ2v) is 5.87. The van der Waals surface area contributed by atoms with Crippen LogP contribution in [0.5, 0.6) is 23.0 Å². The number of aromatic hydroxyl groups is 1. The molecule has 3 rings (SSSR count). The Labute approximate surface area is 150 Å². The summed E-state index contributed by atoms with van der Waals surface area (Å²) in [6.07, 6.45) is 3.88. The minimum absolute atomic E-state index is 0.0160. The molecular formula is C19H17ClO5. The van der Waals surface area contributed by atoms with E-state index >= 15 is 0 Å². The molecule has 2 aromatic carbocycles.